The van der Waals surface area contributed by atoms with E-state index in [0.29, 0.717) is 19.8 Å². The fraction of sp³-hybridized carbons (Fsp3) is 0.538. The Bertz CT molecular complexity index is 328. The standard InChI is InChI=1S/C13H21NO3/c1-4-16-8-9-17-13-11(10-14-2)6-5-7-12(13)15-3/h5-7,14H,4,8-10H2,1-3H3. The minimum absolute atomic E-state index is 0.533. The molecule has 0 aliphatic carbocycles. The summed E-state index contributed by atoms with van der Waals surface area (Å²) in [4.78, 5) is 0. The van der Waals surface area contributed by atoms with Crippen LogP contribution in [0.15, 0.2) is 18.2 Å². The number of hydrogen-bond donors (Lipinski definition) is 1. The van der Waals surface area contributed by atoms with Gasteiger partial charge < -0.3 is 19.5 Å². The van der Waals surface area contributed by atoms with E-state index >= 15 is 0 Å². The molecule has 96 valence electrons. The zero-order valence-electron chi connectivity index (χ0n) is 10.8. The van der Waals surface area contributed by atoms with Gasteiger partial charge in [-0.3, -0.25) is 0 Å². The molecule has 0 saturated carbocycles. The average molecular weight is 239 g/mol. The number of ether oxygens (including phenoxy) is 3. The van der Waals surface area contributed by atoms with Crippen LogP contribution in [0.1, 0.15) is 12.5 Å². The topological polar surface area (TPSA) is 39.7 Å². The van der Waals surface area contributed by atoms with Crippen LogP contribution >= 0.6 is 0 Å². The molecule has 1 N–H and O–H groups in total. The maximum absolute atomic E-state index is 5.72. The van der Waals surface area contributed by atoms with Crippen LogP contribution in [0.2, 0.25) is 0 Å². The first-order chi connectivity index (χ1) is 8.33. The molecule has 0 aliphatic rings. The van der Waals surface area contributed by atoms with E-state index in [1.807, 2.05) is 32.2 Å². The van der Waals surface area contributed by atoms with Gasteiger partial charge in [0.15, 0.2) is 11.5 Å². The Hall–Kier alpha value is -1.26. The number of para-hydroxylation sites is 1. The molecule has 0 aromatic heterocycles. The van der Waals surface area contributed by atoms with Crippen LogP contribution < -0.4 is 14.8 Å². The Morgan fingerprint density at radius 2 is 2.06 bits per heavy atom. The molecule has 4 nitrogen and oxygen atoms in total. The first kappa shape index (κ1) is 13.8. The van der Waals surface area contributed by atoms with Gasteiger partial charge >= 0.3 is 0 Å². The molecule has 4 heteroatoms. The summed E-state index contributed by atoms with van der Waals surface area (Å²) in [6.45, 7) is 4.55. The van der Waals surface area contributed by atoms with Crippen LogP contribution in [-0.4, -0.2) is 34.0 Å². The van der Waals surface area contributed by atoms with Crippen molar-refractivity contribution in [2.45, 2.75) is 13.5 Å². The van der Waals surface area contributed by atoms with Gasteiger partial charge in [-0.2, -0.15) is 0 Å². The SMILES string of the molecule is CCOCCOc1c(CNC)cccc1OC. The van der Waals surface area contributed by atoms with E-state index in [-0.39, 0.29) is 0 Å². The smallest absolute Gasteiger partial charge is 0.165 e. The van der Waals surface area contributed by atoms with Crippen molar-refractivity contribution in [1.29, 1.82) is 0 Å². The molecule has 0 radical (unpaired) electrons. The van der Waals surface area contributed by atoms with Crippen molar-refractivity contribution in [2.24, 2.45) is 0 Å². The highest BCUT2D eigenvalue weighted by Gasteiger charge is 2.09. The third kappa shape index (κ3) is 4.24. The number of benzene rings is 1. The molecule has 0 saturated heterocycles. The van der Waals surface area contributed by atoms with E-state index in [4.69, 9.17) is 14.2 Å². The number of rotatable bonds is 8. The Kier molecular flexibility index (Phi) is 6.43. The Labute approximate surface area is 103 Å². The van der Waals surface area contributed by atoms with Crippen LogP contribution in [-0.2, 0) is 11.3 Å². The lowest BCUT2D eigenvalue weighted by Crippen LogP contribution is -2.11. The lowest BCUT2D eigenvalue weighted by atomic mass is 10.2. The van der Waals surface area contributed by atoms with Gasteiger partial charge in [0.05, 0.1) is 13.7 Å². The summed E-state index contributed by atoms with van der Waals surface area (Å²) in [6, 6.07) is 5.88. The van der Waals surface area contributed by atoms with Crippen molar-refractivity contribution in [3.05, 3.63) is 23.8 Å². The van der Waals surface area contributed by atoms with Crippen LogP contribution in [0.5, 0.6) is 11.5 Å². The summed E-state index contributed by atoms with van der Waals surface area (Å²) in [5.74, 6) is 1.55. The average Bonchev–Trinajstić information content (AvgIpc) is 2.36. The molecule has 1 rings (SSSR count). The van der Waals surface area contributed by atoms with Gasteiger partial charge in [0.1, 0.15) is 6.61 Å². The molecule has 0 unspecified atom stereocenters. The van der Waals surface area contributed by atoms with Crippen LogP contribution in [0.25, 0.3) is 0 Å². The van der Waals surface area contributed by atoms with E-state index in [1.165, 1.54) is 0 Å². The molecule has 0 atom stereocenters. The molecule has 0 spiro atoms. The normalized spacial score (nSPS) is 10.3. The second-order valence-corrected chi connectivity index (χ2v) is 3.52. The molecular formula is C13H21NO3. The maximum Gasteiger partial charge on any atom is 0.165 e. The number of nitrogens with one attached hydrogen (secondary N) is 1. The van der Waals surface area contributed by atoms with Gasteiger partial charge in [0, 0.05) is 18.7 Å². The first-order valence-electron chi connectivity index (χ1n) is 5.84. The van der Waals surface area contributed by atoms with Crippen molar-refractivity contribution in [3.63, 3.8) is 0 Å². The number of methoxy groups -OCH3 is 1. The van der Waals surface area contributed by atoms with Gasteiger partial charge in [0.25, 0.3) is 0 Å². The fourth-order valence-corrected chi connectivity index (χ4v) is 1.56. The van der Waals surface area contributed by atoms with Crippen molar-refractivity contribution in [3.8, 4) is 11.5 Å². The Balaban J connectivity index is 2.70. The minimum atomic E-state index is 0.533. The zero-order chi connectivity index (χ0) is 12.5. The summed E-state index contributed by atoms with van der Waals surface area (Å²) in [5, 5.41) is 3.11. The first-order valence-corrected chi connectivity index (χ1v) is 5.84. The molecule has 1 aromatic rings. The van der Waals surface area contributed by atoms with Gasteiger partial charge in [-0.25, -0.2) is 0 Å². The van der Waals surface area contributed by atoms with Gasteiger partial charge in [-0.1, -0.05) is 12.1 Å². The van der Waals surface area contributed by atoms with E-state index in [9.17, 15) is 0 Å². The van der Waals surface area contributed by atoms with Crippen LogP contribution in [0.3, 0.4) is 0 Å². The quantitative estimate of drug-likeness (QED) is 0.703. The van der Waals surface area contributed by atoms with Crippen molar-refractivity contribution < 1.29 is 14.2 Å². The van der Waals surface area contributed by atoms with E-state index in [2.05, 4.69) is 5.32 Å². The molecular weight excluding hydrogens is 218 g/mol. The Morgan fingerprint density at radius 1 is 1.24 bits per heavy atom. The third-order valence-corrected chi connectivity index (χ3v) is 2.33. The summed E-state index contributed by atoms with van der Waals surface area (Å²) in [7, 11) is 3.55. The molecule has 0 fully saturated rings. The van der Waals surface area contributed by atoms with E-state index < -0.39 is 0 Å². The molecule has 0 amide bonds. The predicted molar refractivity (Wildman–Crippen MR) is 67.7 cm³/mol. The van der Waals surface area contributed by atoms with E-state index in [0.717, 1.165) is 23.6 Å². The highest BCUT2D eigenvalue weighted by atomic mass is 16.5. The van der Waals surface area contributed by atoms with Crippen molar-refractivity contribution >= 4 is 0 Å². The highest BCUT2D eigenvalue weighted by molar-refractivity contribution is 5.46. The largest absolute Gasteiger partial charge is 0.493 e. The molecule has 0 heterocycles. The van der Waals surface area contributed by atoms with Crippen molar-refractivity contribution in [2.75, 3.05) is 34.0 Å². The number of hydrogen-bond acceptors (Lipinski definition) is 4. The predicted octanol–water partition coefficient (Wildman–Crippen LogP) is 1.83. The van der Waals surface area contributed by atoms with Crippen LogP contribution in [0, 0.1) is 0 Å². The van der Waals surface area contributed by atoms with Crippen LogP contribution in [0.4, 0.5) is 0 Å². The van der Waals surface area contributed by atoms with Gasteiger partial charge in [0.2, 0.25) is 0 Å². The third-order valence-electron chi connectivity index (χ3n) is 2.33. The molecule has 0 bridgehead atoms. The summed E-state index contributed by atoms with van der Waals surface area (Å²) in [5.41, 5.74) is 1.09. The molecule has 0 aliphatic heterocycles. The summed E-state index contributed by atoms with van der Waals surface area (Å²) >= 11 is 0. The maximum atomic E-state index is 5.72. The highest BCUT2D eigenvalue weighted by Crippen LogP contribution is 2.30. The lowest BCUT2D eigenvalue weighted by molar-refractivity contribution is 0.108. The zero-order valence-corrected chi connectivity index (χ0v) is 10.8. The van der Waals surface area contributed by atoms with Crippen molar-refractivity contribution in [1.82, 2.24) is 5.32 Å². The summed E-state index contributed by atoms with van der Waals surface area (Å²) < 4.78 is 16.3. The van der Waals surface area contributed by atoms with Gasteiger partial charge in [-0.15, -0.1) is 0 Å². The second kappa shape index (κ2) is 7.92. The van der Waals surface area contributed by atoms with E-state index in [1.54, 1.807) is 7.11 Å². The lowest BCUT2D eigenvalue weighted by Gasteiger charge is -2.14. The second-order valence-electron chi connectivity index (χ2n) is 3.52. The fourth-order valence-electron chi connectivity index (χ4n) is 1.56. The minimum Gasteiger partial charge on any atom is -0.493 e. The van der Waals surface area contributed by atoms with Gasteiger partial charge in [-0.05, 0) is 20.0 Å². The Morgan fingerprint density at radius 3 is 2.71 bits per heavy atom. The summed E-state index contributed by atoms with van der Waals surface area (Å²) in [6.07, 6.45) is 0. The molecule has 1 aromatic carbocycles. The molecule has 17 heavy (non-hydrogen) atoms. The monoisotopic (exact) mass is 239 g/mol.